The molecular formula is C13H14FNO4. The first-order valence-electron chi connectivity index (χ1n) is 5.92. The Morgan fingerprint density at radius 3 is 2.63 bits per heavy atom. The molecule has 1 N–H and O–H groups in total. The third-order valence-corrected chi connectivity index (χ3v) is 3.03. The van der Waals surface area contributed by atoms with Gasteiger partial charge in [-0.15, -0.1) is 0 Å². The van der Waals surface area contributed by atoms with Gasteiger partial charge in [0.2, 0.25) is 0 Å². The first-order valence-corrected chi connectivity index (χ1v) is 5.92. The highest BCUT2D eigenvalue weighted by atomic mass is 19.1. The Hall–Kier alpha value is -2.11. The van der Waals surface area contributed by atoms with E-state index in [4.69, 9.17) is 9.84 Å². The lowest BCUT2D eigenvalue weighted by Crippen LogP contribution is -2.56. The van der Waals surface area contributed by atoms with Gasteiger partial charge in [0.15, 0.2) is 17.7 Å². The molecule has 102 valence electrons. The van der Waals surface area contributed by atoms with Crippen LogP contribution in [-0.4, -0.2) is 41.1 Å². The summed E-state index contributed by atoms with van der Waals surface area (Å²) in [6.07, 6.45) is -0.841. The van der Waals surface area contributed by atoms with Crippen LogP contribution in [0.25, 0.3) is 0 Å². The van der Waals surface area contributed by atoms with E-state index in [9.17, 15) is 14.0 Å². The van der Waals surface area contributed by atoms with E-state index in [1.807, 2.05) is 0 Å². The maximum Gasteiger partial charge on any atom is 0.310 e. The predicted molar refractivity (Wildman–Crippen MR) is 64.2 cm³/mol. The zero-order chi connectivity index (χ0) is 14.0. The first-order chi connectivity index (χ1) is 8.99. The molecule has 2 rings (SSSR count). The average molecular weight is 267 g/mol. The Bertz CT molecular complexity index is 499. The fourth-order valence-electron chi connectivity index (χ4n) is 1.85. The Labute approximate surface area is 109 Å². The molecule has 1 fully saturated rings. The van der Waals surface area contributed by atoms with Crippen LogP contribution in [0.5, 0.6) is 5.75 Å². The molecule has 19 heavy (non-hydrogen) atoms. The van der Waals surface area contributed by atoms with E-state index in [1.54, 1.807) is 6.07 Å². The van der Waals surface area contributed by atoms with Crippen molar-refractivity contribution in [1.29, 1.82) is 0 Å². The molecular weight excluding hydrogens is 253 g/mol. The van der Waals surface area contributed by atoms with Crippen molar-refractivity contribution in [1.82, 2.24) is 4.90 Å². The number of hydrogen-bond acceptors (Lipinski definition) is 3. The standard InChI is InChI=1S/C13H14FNO4/c1-8(19-11-5-3-2-4-10(11)14)12(16)15-6-9(7-15)13(17)18/h2-5,8-9H,6-7H2,1H3,(H,17,18). The minimum atomic E-state index is -0.910. The number of nitrogens with zero attached hydrogens (tertiary/aromatic N) is 1. The number of carboxylic acid groups (broad SMARTS) is 1. The molecule has 1 aliphatic heterocycles. The quantitative estimate of drug-likeness (QED) is 0.888. The average Bonchev–Trinajstić information content (AvgIpc) is 2.29. The number of aliphatic carboxylic acids is 1. The van der Waals surface area contributed by atoms with E-state index in [1.165, 1.54) is 30.0 Å². The van der Waals surface area contributed by atoms with Gasteiger partial charge in [0.1, 0.15) is 0 Å². The number of hydrogen-bond donors (Lipinski definition) is 1. The second-order valence-electron chi connectivity index (χ2n) is 4.47. The van der Waals surface area contributed by atoms with Crippen LogP contribution in [0, 0.1) is 11.7 Å². The molecule has 1 atom stereocenters. The molecule has 0 bridgehead atoms. The van der Waals surface area contributed by atoms with Crippen LogP contribution in [0.2, 0.25) is 0 Å². The van der Waals surface area contributed by atoms with Gasteiger partial charge in [-0.25, -0.2) is 4.39 Å². The SMILES string of the molecule is CC(Oc1ccccc1F)C(=O)N1CC(C(=O)O)C1. The van der Waals surface area contributed by atoms with Crippen LogP contribution < -0.4 is 4.74 Å². The van der Waals surface area contributed by atoms with Crippen molar-refractivity contribution in [2.75, 3.05) is 13.1 Å². The number of carboxylic acids is 1. The molecule has 1 unspecified atom stereocenters. The number of likely N-dealkylation sites (tertiary alicyclic amines) is 1. The van der Waals surface area contributed by atoms with Crippen LogP contribution >= 0.6 is 0 Å². The number of benzene rings is 1. The fraction of sp³-hybridized carbons (Fsp3) is 0.385. The van der Waals surface area contributed by atoms with Crippen molar-refractivity contribution in [2.24, 2.45) is 5.92 Å². The molecule has 1 aromatic rings. The molecule has 6 heteroatoms. The van der Waals surface area contributed by atoms with E-state index in [2.05, 4.69) is 0 Å². The smallest absolute Gasteiger partial charge is 0.310 e. The van der Waals surface area contributed by atoms with Crippen molar-refractivity contribution < 1.29 is 23.8 Å². The van der Waals surface area contributed by atoms with Gasteiger partial charge >= 0.3 is 5.97 Å². The molecule has 0 saturated carbocycles. The number of rotatable bonds is 4. The van der Waals surface area contributed by atoms with Gasteiger partial charge in [-0.05, 0) is 19.1 Å². The number of para-hydroxylation sites is 1. The highest BCUT2D eigenvalue weighted by Crippen LogP contribution is 2.21. The number of carbonyl (C=O) groups is 2. The molecule has 0 radical (unpaired) electrons. The lowest BCUT2D eigenvalue weighted by molar-refractivity contribution is -0.155. The molecule has 0 spiro atoms. The van der Waals surface area contributed by atoms with Gasteiger partial charge in [-0.3, -0.25) is 9.59 Å². The highest BCUT2D eigenvalue weighted by molar-refractivity contribution is 5.84. The normalized spacial score (nSPS) is 16.6. The second kappa shape index (κ2) is 5.26. The summed E-state index contributed by atoms with van der Waals surface area (Å²) in [4.78, 5) is 23.9. The Balaban J connectivity index is 1.91. The van der Waals surface area contributed by atoms with E-state index >= 15 is 0 Å². The molecule has 1 heterocycles. The van der Waals surface area contributed by atoms with Gasteiger partial charge < -0.3 is 14.7 Å². The van der Waals surface area contributed by atoms with Crippen molar-refractivity contribution in [3.63, 3.8) is 0 Å². The minimum absolute atomic E-state index is 0.0126. The van der Waals surface area contributed by atoms with Crippen LogP contribution in [0.4, 0.5) is 4.39 Å². The van der Waals surface area contributed by atoms with Crippen molar-refractivity contribution in [3.05, 3.63) is 30.1 Å². The topological polar surface area (TPSA) is 66.8 Å². The summed E-state index contributed by atoms with van der Waals surface area (Å²) in [6.45, 7) is 1.88. The van der Waals surface area contributed by atoms with Crippen LogP contribution in [-0.2, 0) is 9.59 Å². The number of ether oxygens (including phenoxy) is 1. The van der Waals surface area contributed by atoms with Crippen molar-refractivity contribution >= 4 is 11.9 Å². The summed E-state index contributed by atoms with van der Waals surface area (Å²) >= 11 is 0. The van der Waals surface area contributed by atoms with E-state index < -0.39 is 23.8 Å². The molecule has 1 saturated heterocycles. The Morgan fingerprint density at radius 1 is 1.42 bits per heavy atom. The maximum absolute atomic E-state index is 13.4. The van der Waals surface area contributed by atoms with Crippen LogP contribution in [0.3, 0.4) is 0 Å². The molecule has 0 aliphatic carbocycles. The van der Waals surface area contributed by atoms with Crippen LogP contribution in [0.15, 0.2) is 24.3 Å². The van der Waals surface area contributed by atoms with Crippen LogP contribution in [0.1, 0.15) is 6.92 Å². The largest absolute Gasteiger partial charge is 0.481 e. The summed E-state index contributed by atoms with van der Waals surface area (Å²) < 4.78 is 18.6. The van der Waals surface area contributed by atoms with Gasteiger partial charge in [0, 0.05) is 13.1 Å². The van der Waals surface area contributed by atoms with E-state index in [-0.39, 0.29) is 24.7 Å². The maximum atomic E-state index is 13.4. The lowest BCUT2D eigenvalue weighted by Gasteiger charge is -2.38. The lowest BCUT2D eigenvalue weighted by atomic mass is 10.00. The number of halogens is 1. The Kier molecular flexibility index (Phi) is 3.69. The van der Waals surface area contributed by atoms with Gasteiger partial charge in [0.25, 0.3) is 5.91 Å². The molecule has 5 nitrogen and oxygen atoms in total. The van der Waals surface area contributed by atoms with E-state index in [0.29, 0.717) is 0 Å². The summed E-state index contributed by atoms with van der Waals surface area (Å²) in [7, 11) is 0. The third kappa shape index (κ3) is 2.83. The summed E-state index contributed by atoms with van der Waals surface area (Å²) in [5.41, 5.74) is 0. The summed E-state index contributed by atoms with van der Waals surface area (Å²) in [5.74, 6) is -2.27. The zero-order valence-electron chi connectivity index (χ0n) is 10.4. The van der Waals surface area contributed by atoms with E-state index in [0.717, 1.165) is 0 Å². The first kappa shape index (κ1) is 13.3. The van der Waals surface area contributed by atoms with Gasteiger partial charge in [0.05, 0.1) is 5.92 Å². The fourth-order valence-corrected chi connectivity index (χ4v) is 1.85. The monoisotopic (exact) mass is 267 g/mol. The third-order valence-electron chi connectivity index (χ3n) is 3.03. The second-order valence-corrected chi connectivity index (χ2v) is 4.47. The molecule has 1 aromatic carbocycles. The summed E-state index contributed by atoms with van der Waals surface area (Å²) in [5, 5.41) is 8.72. The van der Waals surface area contributed by atoms with Gasteiger partial charge in [-0.1, -0.05) is 12.1 Å². The van der Waals surface area contributed by atoms with Crippen molar-refractivity contribution in [2.45, 2.75) is 13.0 Å². The highest BCUT2D eigenvalue weighted by Gasteiger charge is 2.37. The molecule has 0 aromatic heterocycles. The Morgan fingerprint density at radius 2 is 2.05 bits per heavy atom. The van der Waals surface area contributed by atoms with Gasteiger partial charge in [-0.2, -0.15) is 0 Å². The van der Waals surface area contributed by atoms with Crippen molar-refractivity contribution in [3.8, 4) is 5.75 Å². The zero-order valence-corrected chi connectivity index (χ0v) is 10.4. The molecule has 1 aliphatic rings. The summed E-state index contributed by atoms with van der Waals surface area (Å²) in [6, 6.07) is 5.83. The molecule has 1 amide bonds. The number of amides is 1. The number of carbonyl (C=O) groups excluding carboxylic acids is 1. The minimum Gasteiger partial charge on any atom is -0.481 e. The predicted octanol–water partition coefficient (Wildman–Crippen LogP) is 1.14.